The highest BCUT2D eigenvalue weighted by Gasteiger charge is 2.36. The molecule has 4 aromatic carbocycles. The van der Waals surface area contributed by atoms with Crippen molar-refractivity contribution < 1.29 is 22.4 Å². The molecule has 0 aromatic heterocycles. The summed E-state index contributed by atoms with van der Waals surface area (Å²) < 4.78 is 43.8. The zero-order valence-corrected chi connectivity index (χ0v) is 27.2. The minimum Gasteiger partial charge on any atom is -0.352 e. The van der Waals surface area contributed by atoms with Gasteiger partial charge < -0.3 is 10.2 Å². The molecule has 0 fully saturated rings. The van der Waals surface area contributed by atoms with Crippen LogP contribution in [-0.4, -0.2) is 43.8 Å². The Balaban J connectivity index is 1.83. The van der Waals surface area contributed by atoms with Gasteiger partial charge in [0, 0.05) is 29.1 Å². The van der Waals surface area contributed by atoms with Crippen molar-refractivity contribution in [2.75, 3.05) is 10.8 Å². The van der Waals surface area contributed by atoms with Crippen LogP contribution in [0.1, 0.15) is 31.4 Å². The van der Waals surface area contributed by atoms with E-state index in [0.29, 0.717) is 17.0 Å². The summed E-state index contributed by atoms with van der Waals surface area (Å²) in [5, 5.41) is 3.62. The van der Waals surface area contributed by atoms with E-state index in [-0.39, 0.29) is 34.6 Å². The first kappa shape index (κ1) is 34.0. The number of nitrogens with one attached hydrogen (secondary N) is 1. The largest absolute Gasteiger partial charge is 0.352 e. The quantitative estimate of drug-likeness (QED) is 0.168. The number of hydrogen-bond acceptors (Lipinski definition) is 4. The van der Waals surface area contributed by atoms with Gasteiger partial charge in [-0.2, -0.15) is 0 Å². The molecular formula is C34H34Cl2FN3O4S. The molecule has 2 atom stereocenters. The predicted molar refractivity (Wildman–Crippen MR) is 176 cm³/mol. The van der Waals surface area contributed by atoms with Crippen LogP contribution in [0.3, 0.4) is 0 Å². The number of carbonyl (C=O) groups is 2. The minimum atomic E-state index is -4.42. The average molecular weight is 671 g/mol. The van der Waals surface area contributed by atoms with Gasteiger partial charge >= 0.3 is 0 Å². The molecular weight excluding hydrogens is 636 g/mol. The standard InChI is InChI=1S/C34H34Cl2FN3O4S/c1-3-24(2)38-34(42)32(20-25-12-6-4-7-13-25)39(22-26-18-19-27(35)21-29(26)36)33(41)23-40(31-17-11-10-16-30(31)37)45(43,44)28-14-8-5-9-15-28/h4-19,21,24,32H,3,20,22-23H2,1-2H3,(H,38,42)/t24-,32-/m1/s1. The smallest absolute Gasteiger partial charge is 0.264 e. The first-order chi connectivity index (χ1) is 21.5. The van der Waals surface area contributed by atoms with Gasteiger partial charge in [0.1, 0.15) is 18.4 Å². The van der Waals surface area contributed by atoms with E-state index in [2.05, 4.69) is 5.32 Å². The summed E-state index contributed by atoms with van der Waals surface area (Å²) in [7, 11) is -4.42. The van der Waals surface area contributed by atoms with E-state index in [9.17, 15) is 18.0 Å². The van der Waals surface area contributed by atoms with Gasteiger partial charge in [-0.15, -0.1) is 0 Å². The molecule has 0 bridgehead atoms. The van der Waals surface area contributed by atoms with Crippen molar-refractivity contribution in [2.45, 2.75) is 50.2 Å². The van der Waals surface area contributed by atoms with Crippen LogP contribution < -0.4 is 9.62 Å². The number of anilines is 1. The van der Waals surface area contributed by atoms with E-state index < -0.39 is 40.2 Å². The zero-order chi connectivity index (χ0) is 32.6. The van der Waals surface area contributed by atoms with Crippen molar-refractivity contribution in [3.63, 3.8) is 0 Å². The predicted octanol–water partition coefficient (Wildman–Crippen LogP) is 6.88. The Labute approximate surface area is 273 Å². The normalized spacial score (nSPS) is 12.6. The number of benzene rings is 4. The Kier molecular flexibility index (Phi) is 11.6. The fourth-order valence-electron chi connectivity index (χ4n) is 4.72. The minimum absolute atomic E-state index is 0.122. The molecule has 11 heteroatoms. The van der Waals surface area contributed by atoms with Crippen molar-refractivity contribution in [1.82, 2.24) is 10.2 Å². The fraction of sp³-hybridized carbons (Fsp3) is 0.235. The van der Waals surface area contributed by atoms with E-state index in [1.54, 1.807) is 18.2 Å². The third-order valence-electron chi connectivity index (χ3n) is 7.36. The molecule has 0 heterocycles. The van der Waals surface area contributed by atoms with Crippen LogP contribution in [0, 0.1) is 5.82 Å². The van der Waals surface area contributed by atoms with Crippen molar-refractivity contribution in [3.8, 4) is 0 Å². The van der Waals surface area contributed by atoms with E-state index in [0.717, 1.165) is 15.9 Å². The van der Waals surface area contributed by atoms with Gasteiger partial charge in [-0.3, -0.25) is 13.9 Å². The summed E-state index contributed by atoms with van der Waals surface area (Å²) in [4.78, 5) is 29.5. The van der Waals surface area contributed by atoms with Crippen LogP contribution in [0.2, 0.25) is 10.0 Å². The number of nitrogens with zero attached hydrogens (tertiary/aromatic N) is 2. The van der Waals surface area contributed by atoms with E-state index >= 15 is 4.39 Å². The molecule has 0 saturated heterocycles. The molecule has 1 N–H and O–H groups in total. The summed E-state index contributed by atoms with van der Waals surface area (Å²) in [5.74, 6) is -1.98. The average Bonchev–Trinajstić information content (AvgIpc) is 3.03. The maximum Gasteiger partial charge on any atom is 0.264 e. The van der Waals surface area contributed by atoms with E-state index in [1.807, 2.05) is 44.2 Å². The third-order valence-corrected chi connectivity index (χ3v) is 9.72. The van der Waals surface area contributed by atoms with E-state index in [1.165, 1.54) is 53.4 Å². The summed E-state index contributed by atoms with van der Waals surface area (Å²) >= 11 is 12.7. The lowest BCUT2D eigenvalue weighted by Crippen LogP contribution is -2.54. The Bertz CT molecular complexity index is 1730. The highest BCUT2D eigenvalue weighted by atomic mass is 35.5. The van der Waals surface area contributed by atoms with Gasteiger partial charge in [-0.1, -0.05) is 96.9 Å². The van der Waals surface area contributed by atoms with Crippen molar-refractivity contribution in [3.05, 3.63) is 130 Å². The first-order valence-corrected chi connectivity index (χ1v) is 16.6. The number of halogens is 3. The van der Waals surface area contributed by atoms with Gasteiger partial charge in [0.05, 0.1) is 10.6 Å². The number of rotatable bonds is 13. The highest BCUT2D eigenvalue weighted by Crippen LogP contribution is 2.28. The second kappa shape index (κ2) is 15.4. The number of hydrogen-bond donors (Lipinski definition) is 1. The molecule has 45 heavy (non-hydrogen) atoms. The molecule has 4 aromatic rings. The second-order valence-corrected chi connectivity index (χ2v) is 13.3. The maximum absolute atomic E-state index is 15.2. The Hall–Kier alpha value is -3.92. The lowest BCUT2D eigenvalue weighted by molar-refractivity contribution is -0.140. The van der Waals surface area contributed by atoms with Gasteiger partial charge in [0.15, 0.2) is 0 Å². The maximum atomic E-state index is 15.2. The Morgan fingerprint density at radius 2 is 1.51 bits per heavy atom. The van der Waals surface area contributed by atoms with Crippen LogP contribution in [0.5, 0.6) is 0 Å². The van der Waals surface area contributed by atoms with Crippen LogP contribution in [0.15, 0.2) is 108 Å². The van der Waals surface area contributed by atoms with Crippen LogP contribution in [-0.2, 0) is 32.6 Å². The SMILES string of the molecule is CC[C@@H](C)NC(=O)[C@@H](Cc1ccccc1)N(Cc1ccc(Cl)cc1Cl)C(=O)CN(c1ccccc1F)S(=O)(=O)c1ccccc1. The van der Waals surface area contributed by atoms with Crippen LogP contribution >= 0.6 is 23.2 Å². The number of para-hydroxylation sites is 1. The fourth-order valence-corrected chi connectivity index (χ4v) is 6.63. The molecule has 0 aliphatic rings. The summed E-state index contributed by atoms with van der Waals surface area (Å²) in [6, 6.07) is 25.5. The third kappa shape index (κ3) is 8.63. The topological polar surface area (TPSA) is 86.8 Å². The first-order valence-electron chi connectivity index (χ1n) is 14.4. The van der Waals surface area contributed by atoms with Gasteiger partial charge in [-0.25, -0.2) is 12.8 Å². The molecule has 4 rings (SSSR count). The van der Waals surface area contributed by atoms with Crippen LogP contribution in [0.4, 0.5) is 10.1 Å². The zero-order valence-electron chi connectivity index (χ0n) is 24.9. The Morgan fingerprint density at radius 1 is 0.889 bits per heavy atom. The summed E-state index contributed by atoms with van der Waals surface area (Å²) in [6.07, 6.45) is 0.780. The molecule has 236 valence electrons. The second-order valence-electron chi connectivity index (χ2n) is 10.6. The molecule has 7 nitrogen and oxygen atoms in total. The molecule has 2 amide bonds. The summed E-state index contributed by atoms with van der Waals surface area (Å²) in [6.45, 7) is 2.85. The monoisotopic (exact) mass is 669 g/mol. The Morgan fingerprint density at radius 3 is 2.13 bits per heavy atom. The van der Waals surface area contributed by atoms with Gasteiger partial charge in [-0.05, 0) is 60.9 Å². The molecule has 0 radical (unpaired) electrons. The van der Waals surface area contributed by atoms with Gasteiger partial charge in [0.25, 0.3) is 10.0 Å². The lowest BCUT2D eigenvalue weighted by atomic mass is 10.0. The molecule has 0 unspecified atom stereocenters. The van der Waals surface area contributed by atoms with Crippen molar-refractivity contribution in [2.24, 2.45) is 0 Å². The molecule has 0 aliphatic heterocycles. The number of sulfonamides is 1. The van der Waals surface area contributed by atoms with Gasteiger partial charge in [0.2, 0.25) is 11.8 Å². The number of carbonyl (C=O) groups excluding carboxylic acids is 2. The lowest BCUT2D eigenvalue weighted by Gasteiger charge is -2.34. The highest BCUT2D eigenvalue weighted by molar-refractivity contribution is 7.92. The van der Waals surface area contributed by atoms with Crippen molar-refractivity contribution >= 4 is 50.7 Å². The molecule has 0 saturated carbocycles. The number of amides is 2. The molecule has 0 spiro atoms. The molecule has 0 aliphatic carbocycles. The summed E-state index contributed by atoms with van der Waals surface area (Å²) in [5.41, 5.74) is 0.972. The van der Waals surface area contributed by atoms with E-state index in [4.69, 9.17) is 23.2 Å². The van der Waals surface area contributed by atoms with Crippen molar-refractivity contribution in [1.29, 1.82) is 0 Å². The van der Waals surface area contributed by atoms with Crippen LogP contribution in [0.25, 0.3) is 0 Å².